The van der Waals surface area contributed by atoms with Crippen molar-refractivity contribution in [3.05, 3.63) is 91.0 Å². The minimum Gasteiger partial charge on any atom is -1.00 e. The standard InChI is InChI=1S/C18H16O3P.HI/c1-4-10-16(11-5-1)19-22(20-17-12-6-2-7-13-17)21-18-14-8-3-9-15-18;/h1-15,22H;1H/q+1;/p-1. The molecule has 0 amide bonds. The lowest BCUT2D eigenvalue weighted by molar-refractivity contribution is -0.00000674. The molecule has 0 fully saturated rings. The van der Waals surface area contributed by atoms with Gasteiger partial charge in [0.15, 0.2) is 17.2 Å². The van der Waals surface area contributed by atoms with Crippen LogP contribution in [0.5, 0.6) is 17.2 Å². The van der Waals surface area contributed by atoms with Gasteiger partial charge in [0.05, 0.1) is 0 Å². The second kappa shape index (κ2) is 9.38. The highest BCUT2D eigenvalue weighted by Crippen LogP contribution is 2.41. The number of hydrogen-bond acceptors (Lipinski definition) is 3. The molecular formula is C18H16IO3P. The van der Waals surface area contributed by atoms with Crippen molar-refractivity contribution in [2.75, 3.05) is 0 Å². The zero-order chi connectivity index (χ0) is 15.0. The third kappa shape index (κ3) is 5.73. The predicted octanol–water partition coefficient (Wildman–Crippen LogP) is 2.19. The quantitative estimate of drug-likeness (QED) is 0.437. The smallest absolute Gasteiger partial charge is 0.528 e. The lowest BCUT2D eigenvalue weighted by Crippen LogP contribution is -3.00. The zero-order valence-electron chi connectivity index (χ0n) is 12.3. The van der Waals surface area contributed by atoms with Gasteiger partial charge in [0.2, 0.25) is 0 Å². The molecule has 0 N–H and O–H groups in total. The van der Waals surface area contributed by atoms with E-state index in [0.717, 1.165) is 17.2 Å². The predicted molar refractivity (Wildman–Crippen MR) is 89.5 cm³/mol. The van der Waals surface area contributed by atoms with E-state index in [1.807, 2.05) is 91.0 Å². The summed E-state index contributed by atoms with van der Waals surface area (Å²) in [5.74, 6) is 2.18. The lowest BCUT2D eigenvalue weighted by atomic mass is 10.3. The van der Waals surface area contributed by atoms with Crippen molar-refractivity contribution in [1.82, 2.24) is 0 Å². The summed E-state index contributed by atoms with van der Waals surface area (Å²) in [6.45, 7) is 0. The second-order valence-electron chi connectivity index (χ2n) is 4.50. The topological polar surface area (TPSA) is 27.7 Å². The van der Waals surface area contributed by atoms with Crippen LogP contribution in [0.25, 0.3) is 0 Å². The molecule has 0 atom stereocenters. The minimum absolute atomic E-state index is 0. The molecule has 3 nitrogen and oxygen atoms in total. The Morgan fingerprint density at radius 2 is 0.696 bits per heavy atom. The highest BCUT2D eigenvalue weighted by molar-refractivity contribution is 7.43. The van der Waals surface area contributed by atoms with Crippen LogP contribution in [-0.4, -0.2) is 0 Å². The number of rotatable bonds is 6. The van der Waals surface area contributed by atoms with Gasteiger partial charge in [-0.15, -0.1) is 0 Å². The zero-order valence-corrected chi connectivity index (χ0v) is 15.4. The van der Waals surface area contributed by atoms with Crippen LogP contribution < -0.4 is 37.5 Å². The lowest BCUT2D eigenvalue weighted by Gasteiger charge is -2.10. The van der Waals surface area contributed by atoms with Gasteiger partial charge in [-0.3, -0.25) is 13.6 Å². The fourth-order valence-electron chi connectivity index (χ4n) is 1.82. The summed E-state index contributed by atoms with van der Waals surface area (Å²) >= 11 is 0. The molecule has 3 aromatic rings. The van der Waals surface area contributed by atoms with Gasteiger partial charge < -0.3 is 24.0 Å². The van der Waals surface area contributed by atoms with E-state index >= 15 is 0 Å². The summed E-state index contributed by atoms with van der Waals surface area (Å²) in [4.78, 5) is 0. The van der Waals surface area contributed by atoms with Crippen LogP contribution in [0, 0.1) is 0 Å². The van der Waals surface area contributed by atoms with Gasteiger partial charge in [0.1, 0.15) is 0 Å². The summed E-state index contributed by atoms with van der Waals surface area (Å²) in [5.41, 5.74) is 0. The molecule has 0 bridgehead atoms. The van der Waals surface area contributed by atoms with E-state index < -0.39 is 8.60 Å². The van der Waals surface area contributed by atoms with Crippen LogP contribution in [0.2, 0.25) is 0 Å². The third-order valence-electron chi connectivity index (χ3n) is 2.83. The van der Waals surface area contributed by atoms with Gasteiger partial charge in [-0.2, -0.15) is 0 Å². The molecular weight excluding hydrogens is 422 g/mol. The van der Waals surface area contributed by atoms with Crippen molar-refractivity contribution in [1.29, 1.82) is 0 Å². The molecule has 3 aromatic carbocycles. The average molecular weight is 438 g/mol. The van der Waals surface area contributed by atoms with Crippen molar-refractivity contribution in [2.24, 2.45) is 0 Å². The highest BCUT2D eigenvalue weighted by Gasteiger charge is 2.24. The third-order valence-corrected chi connectivity index (χ3v) is 4.04. The van der Waals surface area contributed by atoms with Crippen molar-refractivity contribution in [3.63, 3.8) is 0 Å². The first kappa shape index (κ1) is 17.6. The molecule has 0 saturated heterocycles. The van der Waals surface area contributed by atoms with Crippen molar-refractivity contribution < 1.29 is 37.5 Å². The molecule has 0 aliphatic carbocycles. The maximum atomic E-state index is 5.88. The van der Waals surface area contributed by atoms with Crippen LogP contribution in [0.4, 0.5) is 0 Å². The number of benzene rings is 3. The fraction of sp³-hybridized carbons (Fsp3) is 0. The molecule has 0 radical (unpaired) electrons. The van der Waals surface area contributed by atoms with Crippen LogP contribution in [0.15, 0.2) is 91.0 Å². The Labute approximate surface area is 154 Å². The molecule has 0 unspecified atom stereocenters. The average Bonchev–Trinajstić information content (AvgIpc) is 2.57. The van der Waals surface area contributed by atoms with E-state index in [2.05, 4.69) is 0 Å². The minimum atomic E-state index is -2.00. The Morgan fingerprint density at radius 3 is 0.957 bits per heavy atom. The molecule has 0 aromatic heterocycles. The number of hydrogen-bond donors (Lipinski definition) is 0. The highest BCUT2D eigenvalue weighted by atomic mass is 127. The first-order valence-electron chi connectivity index (χ1n) is 6.96. The first-order valence-corrected chi connectivity index (χ1v) is 8.18. The van der Waals surface area contributed by atoms with Crippen LogP contribution >= 0.6 is 8.60 Å². The molecule has 0 spiro atoms. The van der Waals surface area contributed by atoms with Gasteiger partial charge in [-0.1, -0.05) is 54.6 Å². The van der Waals surface area contributed by atoms with E-state index in [9.17, 15) is 0 Å². The molecule has 23 heavy (non-hydrogen) atoms. The van der Waals surface area contributed by atoms with Crippen LogP contribution in [0.3, 0.4) is 0 Å². The van der Waals surface area contributed by atoms with Gasteiger partial charge in [-0.25, -0.2) is 0 Å². The van der Waals surface area contributed by atoms with Gasteiger partial charge in [0, 0.05) is 0 Å². The van der Waals surface area contributed by atoms with Crippen molar-refractivity contribution in [2.45, 2.75) is 0 Å². The normalized spacial score (nSPS) is 9.78. The Morgan fingerprint density at radius 1 is 0.435 bits per heavy atom. The van der Waals surface area contributed by atoms with Gasteiger partial charge in [-0.05, 0) is 36.4 Å². The largest absolute Gasteiger partial charge is 1.00 e. The number of para-hydroxylation sites is 3. The summed E-state index contributed by atoms with van der Waals surface area (Å²) < 4.78 is 17.6. The second-order valence-corrected chi connectivity index (χ2v) is 5.61. The molecule has 0 heterocycles. The van der Waals surface area contributed by atoms with Gasteiger partial charge >= 0.3 is 8.60 Å². The van der Waals surface area contributed by atoms with Crippen molar-refractivity contribution in [3.8, 4) is 17.2 Å². The van der Waals surface area contributed by atoms with E-state index in [0.29, 0.717) is 0 Å². The molecule has 0 aliphatic rings. The SMILES string of the molecule is [I-].c1ccc(O[PH+](Oc2ccccc2)Oc2ccccc2)cc1. The van der Waals surface area contributed by atoms with Crippen molar-refractivity contribution >= 4 is 8.60 Å². The molecule has 118 valence electrons. The van der Waals surface area contributed by atoms with E-state index in [-0.39, 0.29) is 24.0 Å². The van der Waals surface area contributed by atoms with E-state index in [1.165, 1.54) is 0 Å². The monoisotopic (exact) mass is 438 g/mol. The number of halogens is 1. The molecule has 5 heteroatoms. The maximum absolute atomic E-state index is 5.88. The van der Waals surface area contributed by atoms with E-state index in [4.69, 9.17) is 13.6 Å². The Bertz CT molecular complexity index is 582. The maximum Gasteiger partial charge on any atom is 0.528 e. The summed E-state index contributed by atoms with van der Waals surface area (Å²) in [5, 5.41) is 0. The molecule has 3 rings (SSSR count). The summed E-state index contributed by atoms with van der Waals surface area (Å²) in [6.07, 6.45) is 0. The molecule has 0 aliphatic heterocycles. The van der Waals surface area contributed by atoms with Crippen LogP contribution in [0.1, 0.15) is 0 Å². The van der Waals surface area contributed by atoms with Crippen LogP contribution in [-0.2, 0) is 0 Å². The first-order chi connectivity index (χ1) is 10.9. The van der Waals surface area contributed by atoms with Gasteiger partial charge in [0.25, 0.3) is 0 Å². The van der Waals surface area contributed by atoms with E-state index in [1.54, 1.807) is 0 Å². The fourth-order valence-corrected chi connectivity index (χ4v) is 2.93. The Kier molecular flexibility index (Phi) is 7.17. The summed E-state index contributed by atoms with van der Waals surface area (Å²) in [7, 11) is -2.00. The Balaban J connectivity index is 0.00000192. The summed E-state index contributed by atoms with van der Waals surface area (Å²) in [6, 6.07) is 28.6. The molecule has 0 saturated carbocycles. The Hall–Kier alpha value is -1.78.